The predicted molar refractivity (Wildman–Crippen MR) is 121 cm³/mol. The van der Waals surface area contributed by atoms with Crippen LogP contribution in [0.15, 0.2) is 61.1 Å². The number of carbonyl (C=O) groups is 1. The minimum atomic E-state index is -0.861. The lowest BCUT2D eigenvalue weighted by molar-refractivity contribution is -0.138. The quantitative estimate of drug-likeness (QED) is 0.265. The van der Waals surface area contributed by atoms with E-state index < -0.39 is 11.9 Å². The molecule has 31 heavy (non-hydrogen) atoms. The number of hydrogen-bond acceptors (Lipinski definition) is 4. The van der Waals surface area contributed by atoms with E-state index in [0.717, 1.165) is 46.7 Å². The lowest BCUT2D eigenvalue weighted by Crippen LogP contribution is -2.14. The number of ether oxygens (including phenoxy) is 1. The highest BCUT2D eigenvalue weighted by Crippen LogP contribution is 2.29. The van der Waals surface area contributed by atoms with E-state index in [1.807, 2.05) is 24.4 Å². The number of nitrogens with one attached hydrogen (secondary N) is 3. The standard InChI is InChI=1S/C23H23ClN4O3/c24-17-4-2-15(3-5-17)20(22(29)30)12-16-14-28-21-13-18(6-7-19(16)21)31-11-1-8-25-23-26-9-10-27-23/h2-7,9-10,13-14,20,28H,1,8,11-12H2,(H,29,30)(H2,25,26,27). The number of aliphatic carboxylic acids is 1. The Morgan fingerprint density at radius 2 is 2.03 bits per heavy atom. The number of hydrogen-bond donors (Lipinski definition) is 4. The SMILES string of the molecule is O=C(O)C(Cc1c[nH]c2cc(OCCCNc3ncc[nH]3)ccc12)c1ccc(Cl)cc1. The molecular weight excluding hydrogens is 416 g/mol. The maximum atomic E-state index is 11.9. The molecule has 0 aliphatic heterocycles. The van der Waals surface area contributed by atoms with Gasteiger partial charge in [0.25, 0.3) is 0 Å². The number of benzene rings is 2. The van der Waals surface area contributed by atoms with Crippen molar-refractivity contribution in [1.29, 1.82) is 0 Å². The fraction of sp³-hybridized carbons (Fsp3) is 0.217. The number of imidazole rings is 1. The van der Waals surface area contributed by atoms with Gasteiger partial charge in [0.05, 0.1) is 12.5 Å². The van der Waals surface area contributed by atoms with E-state index in [1.54, 1.807) is 36.7 Å². The van der Waals surface area contributed by atoms with E-state index in [2.05, 4.69) is 20.3 Å². The Hall–Kier alpha value is -3.45. The Kier molecular flexibility index (Phi) is 6.43. The van der Waals surface area contributed by atoms with Crippen LogP contribution in [0, 0.1) is 0 Å². The Balaban J connectivity index is 1.38. The van der Waals surface area contributed by atoms with Crippen LogP contribution in [0.3, 0.4) is 0 Å². The number of anilines is 1. The molecule has 4 rings (SSSR count). The van der Waals surface area contributed by atoms with Crippen molar-refractivity contribution in [2.75, 3.05) is 18.5 Å². The minimum absolute atomic E-state index is 0.385. The number of halogens is 1. The molecule has 0 bridgehead atoms. The van der Waals surface area contributed by atoms with Crippen LogP contribution in [-0.4, -0.2) is 39.2 Å². The molecule has 0 saturated carbocycles. The zero-order valence-electron chi connectivity index (χ0n) is 16.8. The van der Waals surface area contributed by atoms with Gasteiger partial charge in [-0.1, -0.05) is 23.7 Å². The van der Waals surface area contributed by atoms with Gasteiger partial charge in [-0.3, -0.25) is 4.79 Å². The van der Waals surface area contributed by atoms with Crippen molar-refractivity contribution in [3.05, 3.63) is 77.2 Å². The number of H-pyrrole nitrogens is 2. The molecule has 7 nitrogen and oxygen atoms in total. The van der Waals surface area contributed by atoms with Gasteiger partial charge < -0.3 is 25.1 Å². The van der Waals surface area contributed by atoms with Gasteiger partial charge in [-0.05, 0) is 48.2 Å². The summed E-state index contributed by atoms with van der Waals surface area (Å²) in [6.07, 6.45) is 6.55. The molecule has 1 atom stereocenters. The van der Waals surface area contributed by atoms with Crippen LogP contribution in [0.4, 0.5) is 5.95 Å². The third kappa shape index (κ3) is 5.19. The zero-order valence-corrected chi connectivity index (χ0v) is 17.5. The zero-order chi connectivity index (χ0) is 21.6. The molecule has 0 spiro atoms. The van der Waals surface area contributed by atoms with Gasteiger partial charge in [0, 0.05) is 47.1 Å². The molecule has 4 N–H and O–H groups in total. The van der Waals surface area contributed by atoms with Crippen molar-refractivity contribution in [2.45, 2.75) is 18.8 Å². The number of aromatic nitrogens is 3. The summed E-state index contributed by atoms with van der Waals surface area (Å²) in [7, 11) is 0. The lowest BCUT2D eigenvalue weighted by atomic mass is 9.92. The summed E-state index contributed by atoms with van der Waals surface area (Å²) in [5, 5.41) is 14.5. The summed E-state index contributed by atoms with van der Waals surface area (Å²) in [5.41, 5.74) is 2.60. The third-order valence-corrected chi connectivity index (χ3v) is 5.37. The first-order valence-electron chi connectivity index (χ1n) is 10.0. The Bertz CT molecular complexity index is 1140. The minimum Gasteiger partial charge on any atom is -0.493 e. The maximum absolute atomic E-state index is 11.9. The van der Waals surface area contributed by atoms with Crippen molar-refractivity contribution in [2.24, 2.45) is 0 Å². The van der Waals surface area contributed by atoms with Gasteiger partial charge in [-0.15, -0.1) is 0 Å². The number of carboxylic acid groups (broad SMARTS) is 1. The summed E-state index contributed by atoms with van der Waals surface area (Å²) < 4.78 is 5.85. The van der Waals surface area contributed by atoms with E-state index in [0.29, 0.717) is 18.1 Å². The van der Waals surface area contributed by atoms with Gasteiger partial charge in [-0.2, -0.15) is 0 Å². The van der Waals surface area contributed by atoms with Crippen LogP contribution in [0.1, 0.15) is 23.5 Å². The van der Waals surface area contributed by atoms with Gasteiger partial charge in [0.15, 0.2) is 5.95 Å². The number of rotatable bonds is 10. The van der Waals surface area contributed by atoms with Gasteiger partial charge in [0.1, 0.15) is 5.75 Å². The van der Waals surface area contributed by atoms with Crippen LogP contribution in [0.25, 0.3) is 10.9 Å². The average Bonchev–Trinajstić information content (AvgIpc) is 3.42. The van der Waals surface area contributed by atoms with Crippen LogP contribution in [0.2, 0.25) is 5.02 Å². The second kappa shape index (κ2) is 9.57. The highest BCUT2D eigenvalue weighted by Gasteiger charge is 2.22. The Morgan fingerprint density at radius 1 is 1.19 bits per heavy atom. The highest BCUT2D eigenvalue weighted by atomic mass is 35.5. The first-order chi connectivity index (χ1) is 15.1. The largest absolute Gasteiger partial charge is 0.493 e. The highest BCUT2D eigenvalue weighted by molar-refractivity contribution is 6.30. The smallest absolute Gasteiger partial charge is 0.311 e. The number of fused-ring (bicyclic) bond motifs is 1. The molecule has 8 heteroatoms. The molecule has 4 aromatic rings. The Morgan fingerprint density at radius 3 is 2.77 bits per heavy atom. The van der Waals surface area contributed by atoms with Crippen molar-refractivity contribution in [3.8, 4) is 5.75 Å². The van der Waals surface area contributed by atoms with Gasteiger partial charge in [-0.25, -0.2) is 4.98 Å². The van der Waals surface area contributed by atoms with Crippen molar-refractivity contribution < 1.29 is 14.6 Å². The van der Waals surface area contributed by atoms with Gasteiger partial charge in [0.2, 0.25) is 0 Å². The molecular formula is C23H23ClN4O3. The van der Waals surface area contributed by atoms with E-state index in [4.69, 9.17) is 16.3 Å². The summed E-state index contributed by atoms with van der Waals surface area (Å²) in [5.74, 6) is 0.0126. The molecule has 2 aromatic heterocycles. The maximum Gasteiger partial charge on any atom is 0.311 e. The number of aromatic amines is 2. The first-order valence-corrected chi connectivity index (χ1v) is 10.4. The van der Waals surface area contributed by atoms with Crippen LogP contribution in [0.5, 0.6) is 5.75 Å². The fourth-order valence-electron chi connectivity index (χ4n) is 3.52. The second-order valence-electron chi connectivity index (χ2n) is 7.23. The van der Waals surface area contributed by atoms with Crippen molar-refractivity contribution >= 4 is 34.4 Å². The first kappa shape index (κ1) is 20.8. The van der Waals surface area contributed by atoms with E-state index in [-0.39, 0.29) is 0 Å². The topological polar surface area (TPSA) is 103 Å². The van der Waals surface area contributed by atoms with Crippen LogP contribution in [-0.2, 0) is 11.2 Å². The average molecular weight is 439 g/mol. The number of carboxylic acids is 1. The molecule has 0 fully saturated rings. The van der Waals surface area contributed by atoms with Crippen LogP contribution < -0.4 is 10.1 Å². The van der Waals surface area contributed by atoms with Crippen molar-refractivity contribution in [1.82, 2.24) is 15.0 Å². The summed E-state index contributed by atoms with van der Waals surface area (Å²) >= 11 is 5.94. The van der Waals surface area contributed by atoms with Crippen molar-refractivity contribution in [3.63, 3.8) is 0 Å². The van der Waals surface area contributed by atoms with E-state index >= 15 is 0 Å². The lowest BCUT2D eigenvalue weighted by Gasteiger charge is -2.12. The Labute approximate surface area is 184 Å². The molecule has 0 radical (unpaired) electrons. The molecule has 2 heterocycles. The molecule has 0 aliphatic carbocycles. The monoisotopic (exact) mass is 438 g/mol. The molecule has 2 aromatic carbocycles. The summed E-state index contributed by atoms with van der Waals surface area (Å²) in [6, 6.07) is 12.8. The van der Waals surface area contributed by atoms with Gasteiger partial charge >= 0.3 is 5.97 Å². The normalized spacial score (nSPS) is 12.0. The predicted octanol–water partition coefficient (Wildman–Crippen LogP) is 4.84. The molecule has 160 valence electrons. The molecule has 1 unspecified atom stereocenters. The summed E-state index contributed by atoms with van der Waals surface area (Å²) in [6.45, 7) is 1.33. The molecule has 0 saturated heterocycles. The van der Waals surface area contributed by atoms with E-state index in [1.165, 1.54) is 0 Å². The van der Waals surface area contributed by atoms with Crippen LogP contribution >= 0.6 is 11.6 Å². The number of nitrogens with zero attached hydrogens (tertiary/aromatic N) is 1. The summed E-state index contributed by atoms with van der Waals surface area (Å²) in [4.78, 5) is 22.2. The third-order valence-electron chi connectivity index (χ3n) is 5.11. The fourth-order valence-corrected chi connectivity index (χ4v) is 3.64. The molecule has 0 aliphatic rings. The van der Waals surface area contributed by atoms with E-state index in [9.17, 15) is 9.90 Å². The molecule has 0 amide bonds. The second-order valence-corrected chi connectivity index (χ2v) is 7.67.